The van der Waals surface area contributed by atoms with Crippen LogP contribution < -0.4 is 4.74 Å². The van der Waals surface area contributed by atoms with E-state index in [0.717, 1.165) is 42.3 Å². The standard InChI is InChI=1S/C20H24N2O5S/c1-2-27-15-9-7-8-14(18(15)24)12-16-19(25)22(20(26)28-16)13-17(23)21-10-5-3-4-6-11-21/h7-9,12,24H,2-6,10-11,13H2,1H3/b16-12-. The Labute approximate surface area is 168 Å². The molecule has 1 aromatic carbocycles. The molecule has 2 aliphatic heterocycles. The molecule has 0 aliphatic carbocycles. The maximum absolute atomic E-state index is 12.7. The Kier molecular flexibility index (Phi) is 6.61. The zero-order valence-electron chi connectivity index (χ0n) is 15.8. The second-order valence-corrected chi connectivity index (χ2v) is 7.68. The van der Waals surface area contributed by atoms with E-state index in [2.05, 4.69) is 0 Å². The van der Waals surface area contributed by atoms with Crippen molar-refractivity contribution < 1.29 is 24.2 Å². The molecule has 8 heteroatoms. The molecule has 1 aromatic rings. The lowest BCUT2D eigenvalue weighted by Gasteiger charge is -2.22. The first-order valence-corrected chi connectivity index (χ1v) is 10.3. The molecule has 7 nitrogen and oxygen atoms in total. The summed E-state index contributed by atoms with van der Waals surface area (Å²) in [5, 5.41) is 9.82. The SMILES string of the molecule is CCOc1cccc(/C=C2\SC(=O)N(CC(=O)N3CCCCCC3)C2=O)c1O. The van der Waals surface area contributed by atoms with Crippen molar-refractivity contribution in [1.82, 2.24) is 9.80 Å². The highest BCUT2D eigenvalue weighted by Crippen LogP contribution is 2.36. The highest BCUT2D eigenvalue weighted by atomic mass is 32.2. The molecule has 0 unspecified atom stereocenters. The molecule has 2 saturated heterocycles. The molecule has 28 heavy (non-hydrogen) atoms. The number of aromatic hydroxyl groups is 1. The lowest BCUT2D eigenvalue weighted by molar-refractivity contribution is -0.135. The molecule has 2 aliphatic rings. The summed E-state index contributed by atoms with van der Waals surface area (Å²) in [5.41, 5.74) is 0.385. The van der Waals surface area contributed by atoms with Gasteiger partial charge in [-0.05, 0) is 43.7 Å². The van der Waals surface area contributed by atoms with Gasteiger partial charge in [-0.1, -0.05) is 25.0 Å². The number of para-hydroxylation sites is 1. The number of thioether (sulfide) groups is 1. The van der Waals surface area contributed by atoms with Crippen LogP contribution in [0.5, 0.6) is 11.5 Å². The highest BCUT2D eigenvalue weighted by molar-refractivity contribution is 8.18. The van der Waals surface area contributed by atoms with Crippen molar-refractivity contribution >= 4 is 34.9 Å². The highest BCUT2D eigenvalue weighted by Gasteiger charge is 2.37. The summed E-state index contributed by atoms with van der Waals surface area (Å²) < 4.78 is 5.34. The molecule has 3 amide bonds. The Morgan fingerprint density at radius 2 is 1.93 bits per heavy atom. The monoisotopic (exact) mass is 404 g/mol. The zero-order chi connectivity index (χ0) is 20.1. The maximum atomic E-state index is 12.7. The molecule has 3 rings (SSSR count). The molecule has 1 N–H and O–H groups in total. The minimum absolute atomic E-state index is 0.0863. The first-order valence-electron chi connectivity index (χ1n) is 9.49. The molecule has 0 aromatic heterocycles. The van der Waals surface area contributed by atoms with Gasteiger partial charge in [0.05, 0.1) is 11.5 Å². The van der Waals surface area contributed by atoms with Crippen LogP contribution in [0.2, 0.25) is 0 Å². The fourth-order valence-electron chi connectivity index (χ4n) is 3.26. The Morgan fingerprint density at radius 1 is 1.21 bits per heavy atom. The van der Waals surface area contributed by atoms with Crippen LogP contribution in [0.15, 0.2) is 23.1 Å². The van der Waals surface area contributed by atoms with E-state index in [1.807, 2.05) is 0 Å². The predicted molar refractivity (Wildman–Crippen MR) is 107 cm³/mol. The van der Waals surface area contributed by atoms with Gasteiger partial charge in [0.2, 0.25) is 5.91 Å². The van der Waals surface area contributed by atoms with E-state index in [1.54, 1.807) is 30.0 Å². The summed E-state index contributed by atoms with van der Waals surface area (Å²) in [7, 11) is 0. The van der Waals surface area contributed by atoms with Crippen LogP contribution in [-0.4, -0.2) is 58.2 Å². The minimum Gasteiger partial charge on any atom is -0.504 e. The molecule has 2 heterocycles. The summed E-state index contributed by atoms with van der Waals surface area (Å²) in [6.45, 7) is 3.30. The zero-order valence-corrected chi connectivity index (χ0v) is 16.7. The second kappa shape index (κ2) is 9.14. The second-order valence-electron chi connectivity index (χ2n) is 6.69. The van der Waals surface area contributed by atoms with E-state index >= 15 is 0 Å². The van der Waals surface area contributed by atoms with Crippen LogP contribution in [0.25, 0.3) is 6.08 Å². The third-order valence-electron chi connectivity index (χ3n) is 4.74. The minimum atomic E-state index is -0.514. The van der Waals surface area contributed by atoms with E-state index in [4.69, 9.17) is 4.74 Å². The molecule has 0 radical (unpaired) electrons. The third-order valence-corrected chi connectivity index (χ3v) is 5.65. The Morgan fingerprint density at radius 3 is 2.61 bits per heavy atom. The Balaban J connectivity index is 1.73. The van der Waals surface area contributed by atoms with Gasteiger partial charge >= 0.3 is 0 Å². The summed E-state index contributed by atoms with van der Waals surface area (Å²) >= 11 is 0.773. The van der Waals surface area contributed by atoms with Crippen molar-refractivity contribution in [3.63, 3.8) is 0 Å². The number of amides is 3. The maximum Gasteiger partial charge on any atom is 0.294 e. The Bertz CT molecular complexity index is 800. The number of ether oxygens (including phenoxy) is 1. The van der Waals surface area contributed by atoms with Crippen molar-refractivity contribution in [3.05, 3.63) is 28.7 Å². The number of likely N-dealkylation sites (tertiary alicyclic amines) is 1. The van der Waals surface area contributed by atoms with Gasteiger partial charge in [0.15, 0.2) is 11.5 Å². The number of hydrogen-bond acceptors (Lipinski definition) is 6. The van der Waals surface area contributed by atoms with Crippen LogP contribution in [-0.2, 0) is 9.59 Å². The van der Waals surface area contributed by atoms with Crippen molar-refractivity contribution in [3.8, 4) is 11.5 Å². The summed E-state index contributed by atoms with van der Waals surface area (Å²) in [6, 6.07) is 4.96. The molecule has 150 valence electrons. The van der Waals surface area contributed by atoms with Crippen molar-refractivity contribution in [2.45, 2.75) is 32.6 Å². The van der Waals surface area contributed by atoms with E-state index < -0.39 is 11.1 Å². The number of benzene rings is 1. The number of carbonyl (C=O) groups is 3. The number of phenols is 1. The molecule has 0 bridgehead atoms. The van der Waals surface area contributed by atoms with E-state index in [9.17, 15) is 19.5 Å². The number of phenolic OH excluding ortho intramolecular Hbond substituents is 1. The molecular formula is C20H24N2O5S. The number of nitrogens with zero attached hydrogens (tertiary/aromatic N) is 2. The lowest BCUT2D eigenvalue weighted by Crippen LogP contribution is -2.42. The van der Waals surface area contributed by atoms with Crippen LogP contribution in [0, 0.1) is 0 Å². The van der Waals surface area contributed by atoms with Crippen LogP contribution in [0.3, 0.4) is 0 Å². The van der Waals surface area contributed by atoms with Crippen molar-refractivity contribution in [2.24, 2.45) is 0 Å². The van der Waals surface area contributed by atoms with Gasteiger partial charge < -0.3 is 14.7 Å². The van der Waals surface area contributed by atoms with E-state index in [0.29, 0.717) is 31.0 Å². The Hall–Kier alpha value is -2.48. The van der Waals surface area contributed by atoms with Gasteiger partial charge in [0.1, 0.15) is 6.54 Å². The average molecular weight is 404 g/mol. The molecule has 0 saturated carbocycles. The fraction of sp³-hybridized carbons (Fsp3) is 0.450. The molecule has 2 fully saturated rings. The van der Waals surface area contributed by atoms with Crippen LogP contribution in [0.4, 0.5) is 4.79 Å². The topological polar surface area (TPSA) is 87.2 Å². The number of imide groups is 1. The van der Waals surface area contributed by atoms with Gasteiger partial charge in [0.25, 0.3) is 11.1 Å². The van der Waals surface area contributed by atoms with Gasteiger partial charge in [-0.3, -0.25) is 19.3 Å². The quantitative estimate of drug-likeness (QED) is 0.758. The molecular weight excluding hydrogens is 380 g/mol. The van der Waals surface area contributed by atoms with Crippen LogP contribution in [0.1, 0.15) is 38.2 Å². The van der Waals surface area contributed by atoms with Gasteiger partial charge in [0, 0.05) is 18.7 Å². The normalized spacial score (nSPS) is 19.2. The lowest BCUT2D eigenvalue weighted by atomic mass is 10.1. The van der Waals surface area contributed by atoms with E-state index in [1.165, 1.54) is 6.08 Å². The van der Waals surface area contributed by atoms with Crippen LogP contribution >= 0.6 is 11.8 Å². The predicted octanol–water partition coefficient (Wildman–Crippen LogP) is 3.23. The first-order chi connectivity index (χ1) is 13.5. The number of carbonyl (C=O) groups excluding carboxylic acids is 3. The average Bonchev–Trinajstić information content (AvgIpc) is 2.88. The van der Waals surface area contributed by atoms with Crippen molar-refractivity contribution in [1.29, 1.82) is 0 Å². The summed E-state index contributed by atoms with van der Waals surface area (Å²) in [6.07, 6.45) is 5.54. The summed E-state index contributed by atoms with van der Waals surface area (Å²) in [4.78, 5) is 40.4. The summed E-state index contributed by atoms with van der Waals surface area (Å²) in [5.74, 6) is -0.491. The van der Waals surface area contributed by atoms with Gasteiger partial charge in [-0.15, -0.1) is 0 Å². The van der Waals surface area contributed by atoms with Crippen molar-refractivity contribution in [2.75, 3.05) is 26.2 Å². The third kappa shape index (κ3) is 4.49. The molecule has 0 spiro atoms. The van der Waals surface area contributed by atoms with Gasteiger partial charge in [-0.2, -0.15) is 0 Å². The molecule has 0 atom stereocenters. The van der Waals surface area contributed by atoms with E-state index in [-0.39, 0.29) is 23.1 Å². The van der Waals surface area contributed by atoms with Gasteiger partial charge in [-0.25, -0.2) is 0 Å². The smallest absolute Gasteiger partial charge is 0.294 e. The largest absolute Gasteiger partial charge is 0.504 e. The first kappa shape index (κ1) is 20.3. The fourth-order valence-corrected chi connectivity index (χ4v) is 4.09. The number of rotatable bonds is 5. The number of hydrogen-bond donors (Lipinski definition) is 1.